The molecule has 1 unspecified atom stereocenters. The van der Waals surface area contributed by atoms with Gasteiger partial charge in [-0.1, -0.05) is 12.1 Å². The molecule has 136 valence electrons. The number of para-hydroxylation sites is 2. The van der Waals surface area contributed by atoms with Crippen molar-refractivity contribution < 1.29 is 19.1 Å². The average molecular weight is 355 g/mol. The zero-order valence-corrected chi connectivity index (χ0v) is 14.4. The first-order valence-corrected chi connectivity index (χ1v) is 8.91. The molecule has 26 heavy (non-hydrogen) atoms. The van der Waals surface area contributed by atoms with Crippen LogP contribution in [0.25, 0.3) is 0 Å². The van der Waals surface area contributed by atoms with Crippen LogP contribution in [0.4, 0.5) is 5.69 Å². The van der Waals surface area contributed by atoms with Crippen LogP contribution in [0.5, 0.6) is 11.5 Å². The summed E-state index contributed by atoms with van der Waals surface area (Å²) in [7, 11) is 0. The van der Waals surface area contributed by atoms with Crippen molar-refractivity contribution in [3.63, 3.8) is 0 Å². The van der Waals surface area contributed by atoms with Crippen molar-refractivity contribution >= 4 is 17.4 Å². The normalized spacial score (nSPS) is 20.0. The van der Waals surface area contributed by atoms with Gasteiger partial charge >= 0.3 is 0 Å². The van der Waals surface area contributed by atoms with Crippen LogP contribution in [0.15, 0.2) is 36.7 Å². The number of ketones is 1. The van der Waals surface area contributed by atoms with Gasteiger partial charge in [0.2, 0.25) is 5.91 Å². The molecule has 1 atom stereocenters. The highest BCUT2D eigenvalue weighted by atomic mass is 16.6. The summed E-state index contributed by atoms with van der Waals surface area (Å²) in [6, 6.07) is 7.58. The molecule has 1 saturated carbocycles. The Morgan fingerprint density at radius 3 is 2.81 bits per heavy atom. The molecule has 1 aliphatic carbocycles. The van der Waals surface area contributed by atoms with Crippen LogP contribution in [0, 0.1) is 5.92 Å². The molecule has 2 aromatic rings. The van der Waals surface area contributed by atoms with E-state index >= 15 is 0 Å². The summed E-state index contributed by atoms with van der Waals surface area (Å²) in [6.45, 7) is 0.983. The maximum absolute atomic E-state index is 12.3. The van der Waals surface area contributed by atoms with Crippen molar-refractivity contribution in [1.82, 2.24) is 9.78 Å². The van der Waals surface area contributed by atoms with E-state index in [9.17, 15) is 9.59 Å². The molecule has 1 amide bonds. The second-order valence-corrected chi connectivity index (χ2v) is 6.75. The number of nitrogens with one attached hydrogen (secondary N) is 1. The molecular weight excluding hydrogens is 334 g/mol. The molecule has 7 heteroatoms. The summed E-state index contributed by atoms with van der Waals surface area (Å²) in [5, 5.41) is 7.18. The van der Waals surface area contributed by atoms with Crippen LogP contribution in [0.2, 0.25) is 0 Å². The molecule has 1 aromatic heterocycles. The quantitative estimate of drug-likeness (QED) is 0.911. The second-order valence-electron chi connectivity index (χ2n) is 6.75. The number of rotatable bonds is 4. The van der Waals surface area contributed by atoms with Crippen LogP contribution in [-0.4, -0.2) is 34.2 Å². The van der Waals surface area contributed by atoms with Crippen molar-refractivity contribution in [3.05, 3.63) is 36.7 Å². The lowest BCUT2D eigenvalue weighted by molar-refractivity contribution is -0.125. The molecule has 0 bridgehead atoms. The Labute approximate surface area is 151 Å². The van der Waals surface area contributed by atoms with Gasteiger partial charge in [0.05, 0.1) is 18.4 Å². The molecule has 1 fully saturated rings. The maximum Gasteiger partial charge on any atom is 0.227 e. The maximum atomic E-state index is 12.3. The van der Waals surface area contributed by atoms with E-state index in [0.717, 1.165) is 11.5 Å². The second kappa shape index (κ2) is 7.19. The summed E-state index contributed by atoms with van der Waals surface area (Å²) >= 11 is 0. The third-order valence-electron chi connectivity index (χ3n) is 4.77. The molecule has 4 rings (SSSR count). The first-order chi connectivity index (χ1) is 12.7. The van der Waals surface area contributed by atoms with Crippen molar-refractivity contribution in [3.8, 4) is 11.5 Å². The van der Waals surface area contributed by atoms with E-state index in [1.54, 1.807) is 17.1 Å². The SMILES string of the molecule is O=C1CCC(C(=O)Nc2cnn(CC3COc4ccccc4O3)c2)CC1. The van der Waals surface area contributed by atoms with Gasteiger partial charge in [-0.15, -0.1) is 0 Å². The van der Waals surface area contributed by atoms with Gasteiger partial charge in [0.25, 0.3) is 0 Å². The molecule has 1 N–H and O–H groups in total. The smallest absolute Gasteiger partial charge is 0.227 e. The number of carbonyl (C=O) groups is 2. The fraction of sp³-hybridized carbons (Fsp3) is 0.421. The first-order valence-electron chi connectivity index (χ1n) is 8.91. The molecule has 0 saturated heterocycles. The highest BCUT2D eigenvalue weighted by Crippen LogP contribution is 2.31. The molecular formula is C19H21N3O4. The summed E-state index contributed by atoms with van der Waals surface area (Å²) < 4.78 is 13.4. The number of aromatic nitrogens is 2. The monoisotopic (exact) mass is 355 g/mol. The van der Waals surface area contributed by atoms with Crippen LogP contribution in [0.3, 0.4) is 0 Å². The lowest BCUT2D eigenvalue weighted by Crippen LogP contribution is -2.33. The highest BCUT2D eigenvalue weighted by Gasteiger charge is 2.25. The predicted octanol–water partition coefficient (Wildman–Crippen LogP) is 2.42. The molecule has 0 radical (unpaired) electrons. The Balaban J connectivity index is 1.32. The number of hydrogen-bond acceptors (Lipinski definition) is 5. The number of ether oxygens (including phenoxy) is 2. The van der Waals surface area contributed by atoms with Crippen LogP contribution >= 0.6 is 0 Å². The molecule has 2 aliphatic rings. The number of carbonyl (C=O) groups excluding carboxylic acids is 2. The molecule has 0 spiro atoms. The number of fused-ring (bicyclic) bond motifs is 1. The molecule has 1 aromatic carbocycles. The molecule has 1 aliphatic heterocycles. The Morgan fingerprint density at radius 2 is 2.00 bits per heavy atom. The van der Waals surface area contributed by atoms with Crippen LogP contribution in [0.1, 0.15) is 25.7 Å². The largest absolute Gasteiger partial charge is 0.486 e. The van der Waals surface area contributed by atoms with Crippen molar-refractivity contribution in [2.24, 2.45) is 5.92 Å². The van der Waals surface area contributed by atoms with E-state index < -0.39 is 0 Å². The Bertz CT molecular complexity index is 807. The summed E-state index contributed by atoms with van der Waals surface area (Å²) in [5.41, 5.74) is 0.657. The van der Waals surface area contributed by atoms with Crippen molar-refractivity contribution in [2.45, 2.75) is 38.3 Å². The summed E-state index contributed by atoms with van der Waals surface area (Å²) in [6.07, 6.45) is 5.53. The number of Topliss-reactive ketones (excluding diaryl/α,β-unsaturated/α-hetero) is 1. The zero-order chi connectivity index (χ0) is 17.9. The zero-order valence-electron chi connectivity index (χ0n) is 14.4. The topological polar surface area (TPSA) is 82.5 Å². The lowest BCUT2D eigenvalue weighted by Gasteiger charge is -2.26. The van der Waals surface area contributed by atoms with Gasteiger partial charge in [-0.2, -0.15) is 5.10 Å². The fourth-order valence-electron chi connectivity index (χ4n) is 3.34. The van der Waals surface area contributed by atoms with E-state index in [4.69, 9.17) is 9.47 Å². The number of hydrogen-bond donors (Lipinski definition) is 1. The third kappa shape index (κ3) is 3.71. The number of nitrogens with zero attached hydrogens (tertiary/aromatic N) is 2. The molecule has 2 heterocycles. The average Bonchev–Trinajstić information content (AvgIpc) is 3.09. The van der Waals surface area contributed by atoms with E-state index in [2.05, 4.69) is 10.4 Å². The van der Waals surface area contributed by atoms with Gasteiger partial charge in [0.1, 0.15) is 12.4 Å². The minimum absolute atomic E-state index is 0.0387. The van der Waals surface area contributed by atoms with Gasteiger partial charge < -0.3 is 14.8 Å². The Morgan fingerprint density at radius 1 is 1.23 bits per heavy atom. The van der Waals surface area contributed by atoms with Gasteiger partial charge in [0, 0.05) is 25.0 Å². The van der Waals surface area contributed by atoms with Gasteiger partial charge in [0.15, 0.2) is 17.6 Å². The van der Waals surface area contributed by atoms with Gasteiger partial charge in [-0.25, -0.2) is 0 Å². The minimum atomic E-state index is -0.141. The number of anilines is 1. The third-order valence-corrected chi connectivity index (χ3v) is 4.77. The van der Waals surface area contributed by atoms with Crippen LogP contribution < -0.4 is 14.8 Å². The van der Waals surface area contributed by atoms with E-state index in [1.165, 1.54) is 0 Å². The number of amides is 1. The van der Waals surface area contributed by atoms with Crippen molar-refractivity contribution in [1.29, 1.82) is 0 Å². The summed E-state index contributed by atoms with van der Waals surface area (Å²) in [5.74, 6) is 1.60. The van der Waals surface area contributed by atoms with E-state index in [-0.39, 0.29) is 23.7 Å². The van der Waals surface area contributed by atoms with Gasteiger partial charge in [-0.3, -0.25) is 14.3 Å². The highest BCUT2D eigenvalue weighted by molar-refractivity contribution is 5.93. The standard InChI is InChI=1S/C19H21N3O4/c23-15-7-5-13(6-8-15)19(24)21-14-9-20-22(10-14)11-16-12-25-17-3-1-2-4-18(17)26-16/h1-4,9-10,13,16H,5-8,11-12H2,(H,21,24). The molecule has 7 nitrogen and oxygen atoms in total. The van der Waals surface area contributed by atoms with Crippen molar-refractivity contribution in [2.75, 3.05) is 11.9 Å². The lowest BCUT2D eigenvalue weighted by atomic mass is 9.88. The first kappa shape index (κ1) is 16.6. The van der Waals surface area contributed by atoms with Gasteiger partial charge in [-0.05, 0) is 25.0 Å². The number of benzene rings is 1. The Hall–Kier alpha value is -2.83. The van der Waals surface area contributed by atoms with E-state index in [1.807, 2.05) is 24.3 Å². The Kier molecular flexibility index (Phi) is 4.60. The van der Waals surface area contributed by atoms with E-state index in [0.29, 0.717) is 44.5 Å². The van der Waals surface area contributed by atoms with Crippen LogP contribution in [-0.2, 0) is 16.1 Å². The summed E-state index contributed by atoms with van der Waals surface area (Å²) in [4.78, 5) is 23.6. The predicted molar refractivity (Wildman–Crippen MR) is 94.2 cm³/mol. The minimum Gasteiger partial charge on any atom is -0.486 e. The fourth-order valence-corrected chi connectivity index (χ4v) is 3.34.